The molecule has 4 nitrogen and oxygen atoms in total. The highest BCUT2D eigenvalue weighted by atomic mass is 16.5. The van der Waals surface area contributed by atoms with Crippen LogP contribution in [-0.4, -0.2) is 36.2 Å². The Kier molecular flexibility index (Phi) is 4.65. The summed E-state index contributed by atoms with van der Waals surface area (Å²) in [7, 11) is 1.70. The monoisotopic (exact) mass is 277 g/mol. The molecule has 1 aliphatic heterocycles. The number of piperidine rings is 1. The van der Waals surface area contributed by atoms with Crippen molar-refractivity contribution in [1.82, 2.24) is 4.90 Å². The van der Waals surface area contributed by atoms with E-state index >= 15 is 0 Å². The molecule has 1 aromatic carbocycles. The zero-order valence-electron chi connectivity index (χ0n) is 12.5. The fourth-order valence-corrected chi connectivity index (χ4v) is 3.05. The van der Waals surface area contributed by atoms with Gasteiger partial charge in [-0.3, -0.25) is 9.69 Å². The Labute approximate surface area is 120 Å². The number of carboxylic acids is 1. The zero-order valence-corrected chi connectivity index (χ0v) is 12.5. The Morgan fingerprint density at radius 3 is 2.30 bits per heavy atom. The second-order valence-electron chi connectivity index (χ2n) is 5.65. The first-order valence-electron chi connectivity index (χ1n) is 7.10. The molecule has 110 valence electrons. The van der Waals surface area contributed by atoms with Gasteiger partial charge < -0.3 is 9.84 Å². The second kappa shape index (κ2) is 6.27. The van der Waals surface area contributed by atoms with Crippen molar-refractivity contribution >= 4 is 5.97 Å². The van der Waals surface area contributed by atoms with Crippen LogP contribution < -0.4 is 4.74 Å². The molecule has 0 radical (unpaired) electrons. The largest absolute Gasteiger partial charge is 0.496 e. The lowest BCUT2D eigenvalue weighted by molar-refractivity contribution is -0.143. The minimum atomic E-state index is -0.652. The molecular formula is C16H23NO3. The average Bonchev–Trinajstić information content (AvgIpc) is 2.39. The van der Waals surface area contributed by atoms with E-state index in [0.717, 1.165) is 49.4 Å². The van der Waals surface area contributed by atoms with Gasteiger partial charge in [-0.2, -0.15) is 0 Å². The van der Waals surface area contributed by atoms with Crippen LogP contribution in [0.25, 0.3) is 0 Å². The highest BCUT2D eigenvalue weighted by molar-refractivity contribution is 5.70. The number of hydrogen-bond donors (Lipinski definition) is 1. The maximum atomic E-state index is 10.9. The van der Waals surface area contributed by atoms with Gasteiger partial charge in [-0.25, -0.2) is 0 Å². The van der Waals surface area contributed by atoms with E-state index in [1.807, 2.05) is 0 Å². The van der Waals surface area contributed by atoms with E-state index in [2.05, 4.69) is 30.9 Å². The molecule has 0 bridgehead atoms. The Hall–Kier alpha value is -1.55. The summed E-state index contributed by atoms with van der Waals surface area (Å²) in [5, 5.41) is 9.01. The molecule has 4 heteroatoms. The molecule has 1 fully saturated rings. The topological polar surface area (TPSA) is 49.8 Å². The summed E-state index contributed by atoms with van der Waals surface area (Å²) in [5.41, 5.74) is 3.58. The fraction of sp³-hybridized carbons (Fsp3) is 0.562. The van der Waals surface area contributed by atoms with Crippen molar-refractivity contribution in [1.29, 1.82) is 0 Å². The smallest absolute Gasteiger partial charge is 0.306 e. The van der Waals surface area contributed by atoms with Gasteiger partial charge in [0.1, 0.15) is 5.75 Å². The van der Waals surface area contributed by atoms with Crippen molar-refractivity contribution in [3.8, 4) is 5.75 Å². The Morgan fingerprint density at radius 1 is 1.30 bits per heavy atom. The molecule has 0 atom stereocenters. The van der Waals surface area contributed by atoms with Crippen LogP contribution in [0.3, 0.4) is 0 Å². The lowest BCUT2D eigenvalue weighted by Gasteiger charge is -2.30. The molecule has 0 aliphatic carbocycles. The van der Waals surface area contributed by atoms with E-state index in [1.54, 1.807) is 7.11 Å². The van der Waals surface area contributed by atoms with E-state index in [9.17, 15) is 4.79 Å². The van der Waals surface area contributed by atoms with Crippen LogP contribution in [0.2, 0.25) is 0 Å². The van der Waals surface area contributed by atoms with Crippen molar-refractivity contribution < 1.29 is 14.6 Å². The average molecular weight is 277 g/mol. The zero-order chi connectivity index (χ0) is 14.7. The second-order valence-corrected chi connectivity index (χ2v) is 5.65. The molecule has 1 aliphatic rings. The lowest BCUT2D eigenvalue weighted by atomic mass is 9.96. The first-order valence-corrected chi connectivity index (χ1v) is 7.10. The predicted molar refractivity (Wildman–Crippen MR) is 78.1 cm³/mol. The van der Waals surface area contributed by atoms with Gasteiger partial charge in [0.05, 0.1) is 13.0 Å². The third-order valence-electron chi connectivity index (χ3n) is 4.07. The minimum absolute atomic E-state index is 0.161. The highest BCUT2D eigenvalue weighted by Crippen LogP contribution is 2.26. The summed E-state index contributed by atoms with van der Waals surface area (Å²) < 4.78 is 5.38. The van der Waals surface area contributed by atoms with Crippen molar-refractivity contribution in [3.05, 3.63) is 28.8 Å². The molecule has 0 aromatic heterocycles. The number of benzene rings is 1. The molecule has 20 heavy (non-hydrogen) atoms. The molecule has 1 aromatic rings. The van der Waals surface area contributed by atoms with Crippen molar-refractivity contribution in [2.24, 2.45) is 5.92 Å². The summed E-state index contributed by atoms with van der Waals surface area (Å²) in [5.74, 6) is 0.143. The molecule has 0 amide bonds. The van der Waals surface area contributed by atoms with Crippen LogP contribution in [0.15, 0.2) is 12.1 Å². The third kappa shape index (κ3) is 3.31. The first-order chi connectivity index (χ1) is 9.51. The Balaban J connectivity index is 2.00. The van der Waals surface area contributed by atoms with Crippen LogP contribution in [0.4, 0.5) is 0 Å². The number of rotatable bonds is 4. The standard InChI is InChI=1S/C16H23NO3/c1-11-8-13(9-12(2)15(11)20-3)10-17-6-4-14(5-7-17)16(18)19/h8-9,14H,4-7,10H2,1-3H3,(H,18,19). The lowest BCUT2D eigenvalue weighted by Crippen LogP contribution is -2.35. The summed E-state index contributed by atoms with van der Waals surface area (Å²) in [4.78, 5) is 13.3. The van der Waals surface area contributed by atoms with Gasteiger partial charge in [0, 0.05) is 6.54 Å². The fourth-order valence-electron chi connectivity index (χ4n) is 3.05. The number of aryl methyl sites for hydroxylation is 2. The van der Waals surface area contributed by atoms with Crippen LogP contribution in [0.5, 0.6) is 5.75 Å². The number of nitrogens with zero attached hydrogens (tertiary/aromatic N) is 1. The van der Waals surface area contributed by atoms with E-state index in [4.69, 9.17) is 9.84 Å². The number of likely N-dealkylation sites (tertiary alicyclic amines) is 1. The van der Waals surface area contributed by atoms with Gasteiger partial charge in [0.15, 0.2) is 0 Å². The van der Waals surface area contributed by atoms with Gasteiger partial charge in [0.25, 0.3) is 0 Å². The van der Waals surface area contributed by atoms with Crippen molar-refractivity contribution in [3.63, 3.8) is 0 Å². The minimum Gasteiger partial charge on any atom is -0.496 e. The van der Waals surface area contributed by atoms with Crippen LogP contribution in [0, 0.1) is 19.8 Å². The van der Waals surface area contributed by atoms with Gasteiger partial charge in [-0.1, -0.05) is 12.1 Å². The normalized spacial score (nSPS) is 17.1. The van der Waals surface area contributed by atoms with Crippen LogP contribution in [0.1, 0.15) is 29.5 Å². The molecule has 0 saturated carbocycles. The third-order valence-corrected chi connectivity index (χ3v) is 4.07. The van der Waals surface area contributed by atoms with Crippen LogP contribution >= 0.6 is 0 Å². The SMILES string of the molecule is COc1c(C)cc(CN2CCC(C(=O)O)CC2)cc1C. The first kappa shape index (κ1) is 14.9. The summed E-state index contributed by atoms with van der Waals surface area (Å²) in [6.07, 6.45) is 1.51. The van der Waals surface area contributed by atoms with Crippen molar-refractivity contribution in [2.75, 3.05) is 20.2 Å². The van der Waals surface area contributed by atoms with Gasteiger partial charge in [-0.05, 0) is 56.5 Å². The predicted octanol–water partition coefficient (Wildman–Crippen LogP) is 2.61. The van der Waals surface area contributed by atoms with Crippen LogP contribution in [-0.2, 0) is 11.3 Å². The number of hydrogen-bond acceptors (Lipinski definition) is 3. The number of carbonyl (C=O) groups is 1. The quantitative estimate of drug-likeness (QED) is 0.919. The number of carboxylic acid groups (broad SMARTS) is 1. The molecule has 1 saturated heterocycles. The summed E-state index contributed by atoms with van der Waals surface area (Å²) in [6.45, 7) is 6.73. The molecule has 0 spiro atoms. The number of aliphatic carboxylic acids is 1. The molecule has 1 N–H and O–H groups in total. The van der Waals surface area contributed by atoms with Gasteiger partial charge >= 0.3 is 5.97 Å². The molecule has 1 heterocycles. The summed E-state index contributed by atoms with van der Waals surface area (Å²) >= 11 is 0. The van der Waals surface area contributed by atoms with E-state index < -0.39 is 5.97 Å². The Bertz CT molecular complexity index is 467. The van der Waals surface area contributed by atoms with Crippen molar-refractivity contribution in [2.45, 2.75) is 33.2 Å². The molecule has 0 unspecified atom stereocenters. The number of methoxy groups -OCH3 is 1. The Morgan fingerprint density at radius 2 is 1.85 bits per heavy atom. The van der Waals surface area contributed by atoms with E-state index in [-0.39, 0.29) is 5.92 Å². The van der Waals surface area contributed by atoms with E-state index in [1.165, 1.54) is 5.56 Å². The van der Waals surface area contributed by atoms with Gasteiger partial charge in [0.2, 0.25) is 0 Å². The van der Waals surface area contributed by atoms with E-state index in [0.29, 0.717) is 0 Å². The molecule has 2 rings (SSSR count). The maximum absolute atomic E-state index is 10.9. The summed E-state index contributed by atoms with van der Waals surface area (Å²) in [6, 6.07) is 4.32. The molecular weight excluding hydrogens is 254 g/mol. The van der Waals surface area contributed by atoms with Gasteiger partial charge in [-0.15, -0.1) is 0 Å². The highest BCUT2D eigenvalue weighted by Gasteiger charge is 2.24. The number of ether oxygens (including phenoxy) is 1. The maximum Gasteiger partial charge on any atom is 0.306 e.